The predicted octanol–water partition coefficient (Wildman–Crippen LogP) is 6.03. The van der Waals surface area contributed by atoms with Crippen LogP contribution in [0, 0.1) is 13.5 Å². The predicted molar refractivity (Wildman–Crippen MR) is 151 cm³/mol. The van der Waals surface area contributed by atoms with Crippen LogP contribution in [0.4, 0.5) is 5.69 Å². The minimum Gasteiger partial charge on any atom is -0.377 e. The molecule has 0 unspecified atom stereocenters. The van der Waals surface area contributed by atoms with Gasteiger partial charge in [0.2, 0.25) is 0 Å². The quantitative estimate of drug-likeness (QED) is 0.395. The molecular formula is C30H34N2O4S. The molecule has 7 heteroatoms. The number of aryl methyl sites for hydroxylation is 1. The maximum Gasteiger partial charge on any atom is 0.195 e. The Morgan fingerprint density at radius 1 is 0.757 bits per heavy atom. The van der Waals surface area contributed by atoms with Crippen LogP contribution in [0.25, 0.3) is 27.1 Å². The number of benzene rings is 2. The van der Waals surface area contributed by atoms with Gasteiger partial charge in [-0.1, -0.05) is 42.0 Å². The van der Waals surface area contributed by atoms with E-state index in [1.807, 2.05) is 30.3 Å². The SMILES string of the molecule is [C-]#[N+]/C(=C\c1ccc(-c2ccc(N3CCOCCOCCOCCOCC3)cc2)s1)c1ccc(C)cc1. The highest BCUT2D eigenvalue weighted by Gasteiger charge is 2.10. The normalized spacial score (nSPS) is 17.0. The molecule has 0 spiro atoms. The monoisotopic (exact) mass is 518 g/mol. The van der Waals surface area contributed by atoms with Crippen molar-refractivity contribution in [3.8, 4) is 10.4 Å². The van der Waals surface area contributed by atoms with Crippen molar-refractivity contribution >= 4 is 28.8 Å². The Balaban J connectivity index is 1.41. The van der Waals surface area contributed by atoms with Crippen molar-refractivity contribution < 1.29 is 18.9 Å². The molecule has 0 bridgehead atoms. The number of ether oxygens (including phenoxy) is 4. The highest BCUT2D eigenvalue weighted by atomic mass is 32.1. The van der Waals surface area contributed by atoms with E-state index in [1.165, 1.54) is 10.4 Å². The van der Waals surface area contributed by atoms with E-state index >= 15 is 0 Å². The van der Waals surface area contributed by atoms with Gasteiger partial charge in [-0.05, 0) is 48.4 Å². The van der Waals surface area contributed by atoms with E-state index in [9.17, 15) is 0 Å². The molecule has 0 saturated carbocycles. The molecule has 1 saturated heterocycles. The van der Waals surface area contributed by atoms with Crippen LogP contribution in [0.15, 0.2) is 60.7 Å². The Morgan fingerprint density at radius 2 is 1.32 bits per heavy atom. The first-order chi connectivity index (χ1) is 18.2. The van der Waals surface area contributed by atoms with Gasteiger partial charge in [-0.3, -0.25) is 0 Å². The molecule has 6 nitrogen and oxygen atoms in total. The van der Waals surface area contributed by atoms with E-state index in [0.717, 1.165) is 34.8 Å². The summed E-state index contributed by atoms with van der Waals surface area (Å²) in [5.41, 5.74) is 5.09. The van der Waals surface area contributed by atoms with Crippen LogP contribution in [0.5, 0.6) is 0 Å². The Labute approximate surface area is 223 Å². The summed E-state index contributed by atoms with van der Waals surface area (Å²) >= 11 is 1.69. The Kier molecular flexibility index (Phi) is 10.7. The summed E-state index contributed by atoms with van der Waals surface area (Å²) in [6.45, 7) is 16.0. The lowest BCUT2D eigenvalue weighted by Gasteiger charge is -2.25. The van der Waals surface area contributed by atoms with Gasteiger partial charge >= 0.3 is 0 Å². The van der Waals surface area contributed by atoms with Crippen LogP contribution in [0.3, 0.4) is 0 Å². The number of thiophene rings is 1. The number of nitrogens with zero attached hydrogens (tertiary/aromatic N) is 2. The molecule has 0 radical (unpaired) electrons. The molecule has 1 fully saturated rings. The molecule has 2 heterocycles. The smallest absolute Gasteiger partial charge is 0.195 e. The van der Waals surface area contributed by atoms with Crippen molar-refractivity contribution in [1.29, 1.82) is 0 Å². The van der Waals surface area contributed by atoms with Crippen molar-refractivity contribution in [3.05, 3.63) is 88.1 Å². The largest absolute Gasteiger partial charge is 0.377 e. The molecule has 0 aliphatic carbocycles. The number of hydrogen-bond donors (Lipinski definition) is 0. The third-order valence-corrected chi connectivity index (χ3v) is 7.10. The van der Waals surface area contributed by atoms with Gasteiger partial charge in [0.25, 0.3) is 0 Å². The van der Waals surface area contributed by atoms with Crippen LogP contribution < -0.4 is 4.90 Å². The zero-order valence-corrected chi connectivity index (χ0v) is 22.2. The number of hydrogen-bond acceptors (Lipinski definition) is 6. The Hall–Kier alpha value is -2.99. The minimum absolute atomic E-state index is 0.578. The summed E-state index contributed by atoms with van der Waals surface area (Å²) in [5.74, 6) is 0. The van der Waals surface area contributed by atoms with Crippen LogP contribution >= 0.6 is 11.3 Å². The summed E-state index contributed by atoms with van der Waals surface area (Å²) in [6, 6.07) is 20.9. The van der Waals surface area contributed by atoms with E-state index in [0.29, 0.717) is 58.6 Å². The van der Waals surface area contributed by atoms with Crippen molar-refractivity contribution in [2.75, 3.05) is 70.8 Å². The van der Waals surface area contributed by atoms with Crippen LogP contribution in [-0.4, -0.2) is 65.9 Å². The standard InChI is InChI=1S/C30H34N2O4S/c1-24-3-5-25(6-4-24)29(31-2)23-28-11-12-30(37-28)26-7-9-27(10-8-26)32-13-15-33-17-19-35-21-22-36-20-18-34-16-14-32/h3-12,23H,13-22H2,1H3/b29-23-. The Morgan fingerprint density at radius 3 is 1.89 bits per heavy atom. The highest BCUT2D eigenvalue weighted by molar-refractivity contribution is 7.16. The second-order valence-corrected chi connectivity index (χ2v) is 9.81. The second-order valence-electron chi connectivity index (χ2n) is 8.69. The fraction of sp³-hybridized carbons (Fsp3) is 0.367. The van der Waals surface area contributed by atoms with Gasteiger partial charge in [-0.15, -0.1) is 11.3 Å². The zero-order valence-electron chi connectivity index (χ0n) is 21.4. The van der Waals surface area contributed by atoms with Gasteiger partial charge in [0.1, 0.15) is 0 Å². The molecular weight excluding hydrogens is 484 g/mol. The summed E-state index contributed by atoms with van der Waals surface area (Å²) < 4.78 is 22.5. The Bertz CT molecular complexity index is 1150. The summed E-state index contributed by atoms with van der Waals surface area (Å²) in [6.07, 6.45) is 1.97. The van der Waals surface area contributed by atoms with E-state index in [-0.39, 0.29) is 0 Å². The number of anilines is 1. The van der Waals surface area contributed by atoms with Crippen LogP contribution in [-0.2, 0) is 18.9 Å². The lowest BCUT2D eigenvalue weighted by Crippen LogP contribution is -2.31. The summed E-state index contributed by atoms with van der Waals surface area (Å²) in [4.78, 5) is 8.29. The maximum absolute atomic E-state index is 7.63. The maximum atomic E-state index is 7.63. The molecule has 0 atom stereocenters. The van der Waals surface area contributed by atoms with Crippen molar-refractivity contribution in [1.82, 2.24) is 0 Å². The first-order valence-corrected chi connectivity index (χ1v) is 13.5. The molecule has 1 aliphatic heterocycles. The molecule has 1 aliphatic rings. The molecule has 3 aromatic rings. The topological polar surface area (TPSA) is 44.5 Å². The van der Waals surface area contributed by atoms with Crippen molar-refractivity contribution in [3.63, 3.8) is 0 Å². The van der Waals surface area contributed by atoms with Gasteiger partial charge in [0.05, 0.1) is 59.4 Å². The molecule has 1 aromatic heterocycles. The van der Waals surface area contributed by atoms with Gasteiger partial charge in [0.15, 0.2) is 5.70 Å². The van der Waals surface area contributed by atoms with E-state index in [1.54, 1.807) is 11.3 Å². The lowest BCUT2D eigenvalue weighted by atomic mass is 10.1. The second kappa shape index (κ2) is 14.7. The molecule has 194 valence electrons. The molecule has 2 aromatic carbocycles. The first-order valence-electron chi connectivity index (χ1n) is 12.7. The molecule has 37 heavy (non-hydrogen) atoms. The van der Waals surface area contributed by atoms with Crippen molar-refractivity contribution in [2.24, 2.45) is 0 Å². The van der Waals surface area contributed by atoms with Crippen molar-refractivity contribution in [2.45, 2.75) is 6.92 Å². The lowest BCUT2D eigenvalue weighted by molar-refractivity contribution is 0.00206. The third-order valence-electron chi connectivity index (χ3n) is 6.02. The zero-order chi connectivity index (χ0) is 25.7. The van der Waals surface area contributed by atoms with Crippen LogP contribution in [0.1, 0.15) is 16.0 Å². The average Bonchev–Trinajstić information content (AvgIpc) is 3.39. The number of rotatable bonds is 4. The minimum atomic E-state index is 0.578. The van der Waals surface area contributed by atoms with Gasteiger partial charge in [-0.2, -0.15) is 0 Å². The van der Waals surface area contributed by atoms with Gasteiger partial charge in [-0.25, -0.2) is 4.85 Å². The molecule has 0 N–H and O–H groups in total. The molecule has 0 amide bonds. The third kappa shape index (κ3) is 8.53. The average molecular weight is 519 g/mol. The van der Waals surface area contributed by atoms with Gasteiger partial charge in [0, 0.05) is 28.5 Å². The fourth-order valence-electron chi connectivity index (χ4n) is 3.94. The van der Waals surface area contributed by atoms with E-state index < -0.39 is 0 Å². The van der Waals surface area contributed by atoms with Crippen LogP contribution in [0.2, 0.25) is 0 Å². The first kappa shape index (κ1) is 27.1. The summed E-state index contributed by atoms with van der Waals surface area (Å²) in [5, 5.41) is 0. The van der Waals surface area contributed by atoms with E-state index in [4.69, 9.17) is 25.5 Å². The fourth-order valence-corrected chi connectivity index (χ4v) is 4.89. The van der Waals surface area contributed by atoms with Gasteiger partial charge < -0.3 is 23.8 Å². The molecule has 4 rings (SSSR count). The van der Waals surface area contributed by atoms with E-state index in [2.05, 4.69) is 53.1 Å². The highest BCUT2D eigenvalue weighted by Crippen LogP contribution is 2.32. The summed E-state index contributed by atoms with van der Waals surface area (Å²) in [7, 11) is 0.